The summed E-state index contributed by atoms with van der Waals surface area (Å²) in [5, 5.41) is 7.31. The van der Waals surface area contributed by atoms with Gasteiger partial charge in [-0.05, 0) is 37.0 Å². The van der Waals surface area contributed by atoms with E-state index in [0.29, 0.717) is 12.8 Å². The predicted octanol–water partition coefficient (Wildman–Crippen LogP) is 1.92. The van der Waals surface area contributed by atoms with Crippen LogP contribution in [0.3, 0.4) is 0 Å². The second kappa shape index (κ2) is 7.37. The Morgan fingerprint density at radius 3 is 2.77 bits per heavy atom. The van der Waals surface area contributed by atoms with Gasteiger partial charge in [-0.1, -0.05) is 30.3 Å². The quantitative estimate of drug-likeness (QED) is 0.723. The monoisotopic (exact) mass is 402 g/mol. The number of likely N-dealkylation sites (N-methyl/N-ethyl adjacent to an activating group) is 1. The van der Waals surface area contributed by atoms with Crippen LogP contribution in [0, 0.1) is 0 Å². The smallest absolute Gasteiger partial charge is 0.291 e. The summed E-state index contributed by atoms with van der Waals surface area (Å²) >= 11 is 0. The van der Waals surface area contributed by atoms with Gasteiger partial charge >= 0.3 is 0 Å². The number of rotatable bonds is 3. The summed E-state index contributed by atoms with van der Waals surface area (Å²) in [6, 6.07) is 13.2. The number of pyridine rings is 1. The van der Waals surface area contributed by atoms with Crippen molar-refractivity contribution in [1.82, 2.24) is 25.1 Å². The summed E-state index contributed by atoms with van der Waals surface area (Å²) in [5.74, 6) is 0.328. The standard InChI is InChI=1S/C22H22N6O2/c1-27-18-8-5-13-23-15(18)9-10-16(22(27)30)24-21(29)20-25-19-12-11-17(28(19)26-20)14-6-3-2-4-7-14/h2-8,13,16-17H,9-12H2,1H3,(H,24,29)/t16-,17-/m0/s1. The average molecular weight is 402 g/mol. The first-order chi connectivity index (χ1) is 14.6. The maximum absolute atomic E-state index is 12.9. The number of carbonyl (C=O) groups is 2. The van der Waals surface area contributed by atoms with Gasteiger partial charge in [0.2, 0.25) is 11.7 Å². The molecule has 0 aliphatic carbocycles. The summed E-state index contributed by atoms with van der Waals surface area (Å²) < 4.78 is 1.84. The number of hydrogen-bond donors (Lipinski definition) is 1. The second-order valence-electron chi connectivity index (χ2n) is 7.69. The highest BCUT2D eigenvalue weighted by atomic mass is 16.2. The summed E-state index contributed by atoms with van der Waals surface area (Å²) in [4.78, 5) is 36.1. The van der Waals surface area contributed by atoms with Crippen LogP contribution < -0.4 is 10.2 Å². The van der Waals surface area contributed by atoms with E-state index in [9.17, 15) is 9.59 Å². The molecule has 1 aromatic carbocycles. The molecule has 3 aromatic rings. The lowest BCUT2D eigenvalue weighted by molar-refractivity contribution is -0.120. The van der Waals surface area contributed by atoms with Crippen molar-refractivity contribution in [3.8, 4) is 0 Å². The van der Waals surface area contributed by atoms with Crippen molar-refractivity contribution in [3.05, 3.63) is 71.6 Å². The molecule has 152 valence electrons. The van der Waals surface area contributed by atoms with Crippen molar-refractivity contribution in [2.75, 3.05) is 11.9 Å². The van der Waals surface area contributed by atoms with Crippen LogP contribution in [0.1, 0.15) is 46.6 Å². The van der Waals surface area contributed by atoms with E-state index in [2.05, 4.69) is 32.5 Å². The maximum Gasteiger partial charge on any atom is 0.291 e. The van der Waals surface area contributed by atoms with Crippen molar-refractivity contribution >= 4 is 17.5 Å². The zero-order chi connectivity index (χ0) is 20.7. The zero-order valence-corrected chi connectivity index (χ0v) is 16.7. The van der Waals surface area contributed by atoms with E-state index in [-0.39, 0.29) is 17.8 Å². The van der Waals surface area contributed by atoms with Gasteiger partial charge in [0.05, 0.1) is 17.4 Å². The molecule has 2 aromatic heterocycles. The van der Waals surface area contributed by atoms with Crippen LogP contribution in [0.25, 0.3) is 0 Å². The fraction of sp³-hybridized carbons (Fsp3) is 0.318. The number of benzene rings is 1. The number of aryl methyl sites for hydroxylation is 2. The number of nitrogens with one attached hydrogen (secondary N) is 1. The molecule has 30 heavy (non-hydrogen) atoms. The number of nitrogens with zero attached hydrogens (tertiary/aromatic N) is 5. The van der Waals surface area contributed by atoms with E-state index < -0.39 is 11.9 Å². The molecule has 8 heteroatoms. The molecule has 2 aliphatic heterocycles. The van der Waals surface area contributed by atoms with Gasteiger partial charge < -0.3 is 10.2 Å². The fourth-order valence-electron chi connectivity index (χ4n) is 4.28. The molecule has 0 saturated carbocycles. The van der Waals surface area contributed by atoms with Gasteiger partial charge in [-0.15, -0.1) is 5.10 Å². The Labute approximate surface area is 173 Å². The number of carbonyl (C=O) groups excluding carboxylic acids is 2. The third-order valence-corrected chi connectivity index (χ3v) is 5.86. The van der Waals surface area contributed by atoms with E-state index >= 15 is 0 Å². The van der Waals surface area contributed by atoms with Crippen molar-refractivity contribution in [3.63, 3.8) is 0 Å². The van der Waals surface area contributed by atoms with Crippen LogP contribution in [-0.2, 0) is 17.6 Å². The first kappa shape index (κ1) is 18.5. The van der Waals surface area contributed by atoms with E-state index in [1.165, 1.54) is 0 Å². The second-order valence-corrected chi connectivity index (χ2v) is 7.69. The van der Waals surface area contributed by atoms with Crippen molar-refractivity contribution in [2.45, 2.75) is 37.8 Å². The van der Waals surface area contributed by atoms with E-state index in [1.54, 1.807) is 24.2 Å². The summed E-state index contributed by atoms with van der Waals surface area (Å²) in [6.45, 7) is 0. The molecule has 0 unspecified atom stereocenters. The van der Waals surface area contributed by atoms with E-state index in [0.717, 1.165) is 35.6 Å². The van der Waals surface area contributed by atoms with Gasteiger partial charge in [0.1, 0.15) is 11.9 Å². The Morgan fingerprint density at radius 1 is 1.10 bits per heavy atom. The molecule has 0 fully saturated rings. The van der Waals surface area contributed by atoms with Crippen LogP contribution >= 0.6 is 0 Å². The Kier molecular flexibility index (Phi) is 4.54. The topological polar surface area (TPSA) is 93.0 Å². The number of amides is 2. The molecule has 2 aliphatic rings. The van der Waals surface area contributed by atoms with Crippen LogP contribution in [-0.4, -0.2) is 44.7 Å². The van der Waals surface area contributed by atoms with Gasteiger partial charge in [-0.3, -0.25) is 14.6 Å². The molecule has 0 bridgehead atoms. The minimum Gasteiger partial charge on any atom is -0.337 e. The first-order valence-electron chi connectivity index (χ1n) is 10.1. The molecule has 0 spiro atoms. The lowest BCUT2D eigenvalue weighted by Gasteiger charge is -2.21. The summed E-state index contributed by atoms with van der Waals surface area (Å²) in [5.41, 5.74) is 2.79. The molecule has 1 N–H and O–H groups in total. The van der Waals surface area contributed by atoms with Gasteiger partial charge in [0.25, 0.3) is 5.91 Å². The third kappa shape index (κ3) is 3.14. The Balaban J connectivity index is 1.34. The highest BCUT2D eigenvalue weighted by Crippen LogP contribution is 2.30. The van der Waals surface area contributed by atoms with Gasteiger partial charge in [-0.2, -0.15) is 0 Å². The molecule has 0 radical (unpaired) electrons. The SMILES string of the molecule is CN1C(=O)[C@@H](NC(=O)c2nc3n(n2)[C@H](c2ccccc2)CC3)CCc2ncccc21. The molecule has 4 heterocycles. The largest absolute Gasteiger partial charge is 0.337 e. The molecular formula is C22H22N6O2. The van der Waals surface area contributed by atoms with Gasteiger partial charge in [0.15, 0.2) is 0 Å². The Hall–Kier alpha value is -3.55. The highest BCUT2D eigenvalue weighted by Gasteiger charge is 2.33. The van der Waals surface area contributed by atoms with Crippen LogP contribution in [0.2, 0.25) is 0 Å². The highest BCUT2D eigenvalue weighted by molar-refractivity contribution is 6.01. The fourth-order valence-corrected chi connectivity index (χ4v) is 4.28. The molecule has 8 nitrogen and oxygen atoms in total. The summed E-state index contributed by atoms with van der Waals surface area (Å²) in [7, 11) is 1.71. The lowest BCUT2D eigenvalue weighted by Crippen LogP contribution is -2.47. The first-order valence-corrected chi connectivity index (χ1v) is 10.1. The number of aromatic nitrogens is 4. The Morgan fingerprint density at radius 2 is 1.93 bits per heavy atom. The zero-order valence-electron chi connectivity index (χ0n) is 16.7. The molecular weight excluding hydrogens is 380 g/mol. The minimum atomic E-state index is -0.639. The van der Waals surface area contributed by atoms with Gasteiger partial charge in [0, 0.05) is 19.7 Å². The number of fused-ring (bicyclic) bond motifs is 2. The Bertz CT molecular complexity index is 1110. The lowest BCUT2D eigenvalue weighted by atomic mass is 10.1. The average Bonchev–Trinajstić information content (AvgIpc) is 3.34. The predicted molar refractivity (Wildman–Crippen MR) is 110 cm³/mol. The molecule has 0 saturated heterocycles. The van der Waals surface area contributed by atoms with Crippen LogP contribution in [0.5, 0.6) is 0 Å². The molecule has 5 rings (SSSR count). The molecule has 2 amide bonds. The van der Waals surface area contributed by atoms with E-state index in [1.807, 2.05) is 28.9 Å². The molecule has 2 atom stereocenters. The minimum absolute atomic E-state index is 0.0847. The van der Waals surface area contributed by atoms with Crippen molar-refractivity contribution < 1.29 is 9.59 Å². The maximum atomic E-state index is 12.9. The van der Waals surface area contributed by atoms with Gasteiger partial charge in [-0.25, -0.2) is 9.67 Å². The summed E-state index contributed by atoms with van der Waals surface area (Å²) in [6.07, 6.45) is 4.50. The number of anilines is 1. The van der Waals surface area contributed by atoms with E-state index in [4.69, 9.17) is 0 Å². The van der Waals surface area contributed by atoms with Crippen LogP contribution in [0.15, 0.2) is 48.7 Å². The van der Waals surface area contributed by atoms with Crippen LogP contribution in [0.4, 0.5) is 5.69 Å². The normalized spacial score (nSPS) is 20.4. The van der Waals surface area contributed by atoms with Crippen molar-refractivity contribution in [2.24, 2.45) is 0 Å². The third-order valence-electron chi connectivity index (χ3n) is 5.86. The van der Waals surface area contributed by atoms with Crippen molar-refractivity contribution in [1.29, 1.82) is 0 Å². The number of hydrogen-bond acceptors (Lipinski definition) is 5.